The van der Waals surface area contributed by atoms with Crippen LogP contribution in [0.5, 0.6) is 5.75 Å². The molecule has 2 amide bonds. The van der Waals surface area contributed by atoms with E-state index in [4.69, 9.17) is 10.00 Å². The van der Waals surface area contributed by atoms with E-state index in [0.29, 0.717) is 22.6 Å². The van der Waals surface area contributed by atoms with Crippen LogP contribution >= 0.6 is 0 Å². The van der Waals surface area contributed by atoms with Gasteiger partial charge in [-0.05, 0) is 54.1 Å². The first-order chi connectivity index (χ1) is 14.6. The summed E-state index contributed by atoms with van der Waals surface area (Å²) in [6.07, 6.45) is 1.47. The first-order valence-electron chi connectivity index (χ1n) is 8.98. The van der Waals surface area contributed by atoms with E-state index in [-0.39, 0.29) is 11.5 Å². The zero-order valence-electron chi connectivity index (χ0n) is 16.1. The van der Waals surface area contributed by atoms with Gasteiger partial charge in [0.15, 0.2) is 0 Å². The lowest BCUT2D eigenvalue weighted by Crippen LogP contribution is -2.21. The van der Waals surface area contributed by atoms with Crippen molar-refractivity contribution in [2.24, 2.45) is 5.10 Å². The average molecular weight is 398 g/mol. The molecule has 0 aliphatic rings. The Labute approximate surface area is 173 Å². The zero-order chi connectivity index (χ0) is 21.3. The second-order valence-electron chi connectivity index (χ2n) is 6.16. The van der Waals surface area contributed by atoms with Crippen molar-refractivity contribution in [1.29, 1.82) is 5.26 Å². The molecule has 0 unspecified atom stereocenters. The van der Waals surface area contributed by atoms with E-state index in [0.717, 1.165) is 5.56 Å². The first kappa shape index (κ1) is 20.3. The summed E-state index contributed by atoms with van der Waals surface area (Å²) in [5, 5.41) is 15.5. The summed E-state index contributed by atoms with van der Waals surface area (Å²) < 4.78 is 5.09. The number of carbonyl (C=O) groups excluding carboxylic acids is 2. The van der Waals surface area contributed by atoms with Crippen molar-refractivity contribution in [2.75, 3.05) is 12.4 Å². The molecule has 30 heavy (non-hydrogen) atoms. The van der Waals surface area contributed by atoms with Gasteiger partial charge >= 0.3 is 0 Å². The van der Waals surface area contributed by atoms with Crippen LogP contribution in [0.2, 0.25) is 0 Å². The van der Waals surface area contributed by atoms with Gasteiger partial charge < -0.3 is 10.1 Å². The number of rotatable bonds is 6. The number of hydrogen-bond acceptors (Lipinski definition) is 5. The van der Waals surface area contributed by atoms with Crippen LogP contribution in [0.3, 0.4) is 0 Å². The molecule has 3 aromatic rings. The summed E-state index contributed by atoms with van der Waals surface area (Å²) in [6, 6.07) is 22.1. The quantitative estimate of drug-likeness (QED) is 0.489. The number of nitrogens with zero attached hydrogens (tertiary/aromatic N) is 2. The van der Waals surface area contributed by atoms with E-state index < -0.39 is 5.91 Å². The summed E-state index contributed by atoms with van der Waals surface area (Å²) in [5.74, 6) is -0.170. The summed E-state index contributed by atoms with van der Waals surface area (Å²) in [6.45, 7) is 0. The molecule has 0 fully saturated rings. The Bertz CT molecular complexity index is 1110. The van der Waals surface area contributed by atoms with Gasteiger partial charge in [-0.1, -0.05) is 24.3 Å². The Balaban J connectivity index is 1.68. The van der Waals surface area contributed by atoms with E-state index in [1.807, 2.05) is 6.07 Å². The molecule has 3 aromatic carbocycles. The molecular weight excluding hydrogens is 380 g/mol. The molecule has 0 bridgehead atoms. The van der Waals surface area contributed by atoms with E-state index in [2.05, 4.69) is 15.8 Å². The molecule has 0 radical (unpaired) electrons. The van der Waals surface area contributed by atoms with Crippen LogP contribution in [0, 0.1) is 11.3 Å². The van der Waals surface area contributed by atoms with Crippen molar-refractivity contribution >= 4 is 23.7 Å². The molecule has 0 spiro atoms. The second kappa shape index (κ2) is 9.66. The highest BCUT2D eigenvalue weighted by molar-refractivity contribution is 6.09. The van der Waals surface area contributed by atoms with Gasteiger partial charge in [0, 0.05) is 5.56 Å². The molecule has 3 rings (SSSR count). The van der Waals surface area contributed by atoms with Crippen molar-refractivity contribution in [3.8, 4) is 11.8 Å². The summed E-state index contributed by atoms with van der Waals surface area (Å²) in [7, 11) is 1.55. The number of nitrogens with one attached hydrogen (secondary N) is 2. The van der Waals surface area contributed by atoms with Crippen molar-refractivity contribution in [3.63, 3.8) is 0 Å². The lowest BCUT2D eigenvalue weighted by Gasteiger charge is -2.10. The van der Waals surface area contributed by atoms with Gasteiger partial charge in [0.25, 0.3) is 11.8 Å². The van der Waals surface area contributed by atoms with Crippen LogP contribution in [0.4, 0.5) is 5.69 Å². The highest BCUT2D eigenvalue weighted by Gasteiger charge is 2.13. The maximum absolute atomic E-state index is 12.5. The van der Waals surface area contributed by atoms with E-state index in [1.165, 1.54) is 6.21 Å². The van der Waals surface area contributed by atoms with Crippen LogP contribution < -0.4 is 15.5 Å². The highest BCUT2D eigenvalue weighted by atomic mass is 16.5. The minimum atomic E-state index is -0.467. The van der Waals surface area contributed by atoms with Gasteiger partial charge in [-0.25, -0.2) is 5.43 Å². The lowest BCUT2D eigenvalue weighted by atomic mass is 10.1. The van der Waals surface area contributed by atoms with Gasteiger partial charge in [0.2, 0.25) is 0 Å². The number of ether oxygens (including phenoxy) is 1. The fourth-order valence-corrected chi connectivity index (χ4v) is 2.60. The van der Waals surface area contributed by atoms with Gasteiger partial charge in [0.1, 0.15) is 5.75 Å². The molecule has 0 atom stereocenters. The van der Waals surface area contributed by atoms with E-state index in [9.17, 15) is 9.59 Å². The number of hydrazone groups is 1. The first-order valence-corrected chi connectivity index (χ1v) is 8.98. The number of carbonyl (C=O) groups is 2. The molecule has 0 aliphatic heterocycles. The largest absolute Gasteiger partial charge is 0.497 e. The van der Waals surface area contributed by atoms with Crippen molar-refractivity contribution in [2.45, 2.75) is 0 Å². The van der Waals surface area contributed by atoms with E-state index >= 15 is 0 Å². The third-order valence-electron chi connectivity index (χ3n) is 4.19. The van der Waals surface area contributed by atoms with Crippen molar-refractivity contribution < 1.29 is 14.3 Å². The molecule has 148 valence electrons. The van der Waals surface area contributed by atoms with Crippen LogP contribution in [-0.4, -0.2) is 25.1 Å². The molecule has 0 aromatic heterocycles. The third-order valence-corrected chi connectivity index (χ3v) is 4.19. The number of para-hydroxylation sites is 1. The highest BCUT2D eigenvalue weighted by Crippen LogP contribution is 2.17. The Morgan fingerprint density at radius 3 is 2.33 bits per heavy atom. The molecule has 0 saturated heterocycles. The maximum Gasteiger partial charge on any atom is 0.273 e. The zero-order valence-corrected chi connectivity index (χ0v) is 16.1. The van der Waals surface area contributed by atoms with Gasteiger partial charge in [-0.3, -0.25) is 9.59 Å². The number of nitriles is 1. The second-order valence-corrected chi connectivity index (χ2v) is 6.16. The minimum absolute atomic E-state index is 0.274. The van der Waals surface area contributed by atoms with Gasteiger partial charge in [-0.2, -0.15) is 10.4 Å². The van der Waals surface area contributed by atoms with Crippen LogP contribution in [0.15, 0.2) is 77.9 Å². The number of amides is 2. The Hall–Kier alpha value is -4.44. The number of hydrogen-bond donors (Lipinski definition) is 2. The van der Waals surface area contributed by atoms with Crippen molar-refractivity contribution in [1.82, 2.24) is 5.43 Å². The smallest absolute Gasteiger partial charge is 0.273 e. The third kappa shape index (κ3) is 5.09. The molecule has 0 aliphatic carbocycles. The SMILES string of the molecule is COc1ccc(C(=O)Nc2ccccc2C(=O)N/N=C/c2ccc(C#N)cc2)cc1. The van der Waals surface area contributed by atoms with Gasteiger partial charge in [-0.15, -0.1) is 0 Å². The number of benzene rings is 3. The normalized spacial score (nSPS) is 10.3. The van der Waals surface area contributed by atoms with Crippen LogP contribution in [0.1, 0.15) is 31.8 Å². The molecular formula is C23H18N4O3. The summed E-state index contributed by atoms with van der Waals surface area (Å²) in [4.78, 5) is 25.0. The predicted molar refractivity (Wildman–Crippen MR) is 114 cm³/mol. The number of anilines is 1. The molecule has 0 heterocycles. The topological polar surface area (TPSA) is 104 Å². The number of methoxy groups -OCH3 is 1. The van der Waals surface area contributed by atoms with E-state index in [1.54, 1.807) is 79.9 Å². The fraction of sp³-hybridized carbons (Fsp3) is 0.0435. The molecule has 7 nitrogen and oxygen atoms in total. The Morgan fingerprint density at radius 1 is 0.967 bits per heavy atom. The van der Waals surface area contributed by atoms with Gasteiger partial charge in [0.05, 0.1) is 36.2 Å². The van der Waals surface area contributed by atoms with Crippen LogP contribution in [-0.2, 0) is 0 Å². The van der Waals surface area contributed by atoms with Crippen molar-refractivity contribution in [3.05, 3.63) is 95.1 Å². The minimum Gasteiger partial charge on any atom is -0.497 e. The summed E-state index contributed by atoms with van der Waals surface area (Å²) in [5.41, 5.74) is 4.79. The monoisotopic (exact) mass is 398 g/mol. The molecule has 2 N–H and O–H groups in total. The summed E-state index contributed by atoms with van der Waals surface area (Å²) >= 11 is 0. The lowest BCUT2D eigenvalue weighted by molar-refractivity contribution is 0.0956. The average Bonchev–Trinajstić information content (AvgIpc) is 2.79. The van der Waals surface area contributed by atoms with Crippen LogP contribution in [0.25, 0.3) is 0 Å². The Kier molecular flexibility index (Phi) is 6.54. The Morgan fingerprint density at radius 2 is 1.67 bits per heavy atom. The predicted octanol–water partition coefficient (Wildman–Crippen LogP) is 3.58. The standard InChI is InChI=1S/C23H18N4O3/c1-30-19-12-10-18(11-13-19)22(28)26-21-5-3-2-4-20(21)23(29)27-25-15-17-8-6-16(14-24)7-9-17/h2-13,15H,1H3,(H,26,28)(H,27,29)/b25-15+. The maximum atomic E-state index is 12.5. The molecule has 0 saturated carbocycles. The molecule has 7 heteroatoms. The fourth-order valence-electron chi connectivity index (χ4n) is 2.60.